The van der Waals surface area contributed by atoms with Gasteiger partial charge in [0.2, 0.25) is 0 Å². The third-order valence-corrected chi connectivity index (χ3v) is 4.69. The lowest BCUT2D eigenvalue weighted by Gasteiger charge is -2.40. The van der Waals surface area contributed by atoms with Crippen LogP contribution in [0.5, 0.6) is 0 Å². The lowest BCUT2D eigenvalue weighted by molar-refractivity contribution is 0.0912. The smallest absolute Gasteiger partial charge is 0.109 e. The van der Waals surface area contributed by atoms with E-state index in [9.17, 15) is 0 Å². The molecule has 1 aliphatic rings. The SMILES string of the molecule is CCN1CCN(C(C)CC(C)(C)c2ccc(C)o2)CC1. The fourth-order valence-electron chi connectivity index (χ4n) is 3.29. The molecule has 114 valence electrons. The molecule has 0 amide bonds. The van der Waals surface area contributed by atoms with Gasteiger partial charge in [0.15, 0.2) is 0 Å². The molecule has 1 aliphatic heterocycles. The van der Waals surface area contributed by atoms with Crippen LogP contribution in [0.15, 0.2) is 16.5 Å². The summed E-state index contributed by atoms with van der Waals surface area (Å²) in [4.78, 5) is 5.16. The van der Waals surface area contributed by atoms with Gasteiger partial charge in [-0.15, -0.1) is 0 Å². The van der Waals surface area contributed by atoms with Gasteiger partial charge in [0.25, 0.3) is 0 Å². The van der Waals surface area contributed by atoms with Crippen molar-refractivity contribution >= 4 is 0 Å². The van der Waals surface area contributed by atoms with Gasteiger partial charge in [0, 0.05) is 37.6 Å². The van der Waals surface area contributed by atoms with E-state index < -0.39 is 0 Å². The highest BCUT2D eigenvalue weighted by Gasteiger charge is 2.30. The molecule has 1 unspecified atom stereocenters. The van der Waals surface area contributed by atoms with E-state index in [2.05, 4.69) is 49.6 Å². The van der Waals surface area contributed by atoms with E-state index in [0.717, 1.165) is 17.9 Å². The molecule has 1 fully saturated rings. The van der Waals surface area contributed by atoms with Crippen LogP contribution in [-0.2, 0) is 5.41 Å². The number of aryl methyl sites for hydroxylation is 1. The van der Waals surface area contributed by atoms with Crippen LogP contribution in [0.4, 0.5) is 0 Å². The summed E-state index contributed by atoms with van der Waals surface area (Å²) in [7, 11) is 0. The molecule has 1 atom stereocenters. The van der Waals surface area contributed by atoms with Gasteiger partial charge in [-0.25, -0.2) is 0 Å². The molecule has 0 N–H and O–H groups in total. The highest BCUT2D eigenvalue weighted by atomic mass is 16.3. The molecule has 0 aromatic carbocycles. The van der Waals surface area contributed by atoms with E-state index in [1.807, 2.05) is 6.92 Å². The Kier molecular flexibility index (Phi) is 4.92. The number of piperazine rings is 1. The molecule has 0 saturated carbocycles. The van der Waals surface area contributed by atoms with Crippen LogP contribution in [0.3, 0.4) is 0 Å². The first-order valence-electron chi connectivity index (χ1n) is 7.95. The average Bonchev–Trinajstić information content (AvgIpc) is 2.86. The number of rotatable bonds is 5. The number of furan rings is 1. The van der Waals surface area contributed by atoms with Crippen molar-refractivity contribution in [2.45, 2.75) is 52.5 Å². The van der Waals surface area contributed by atoms with E-state index in [-0.39, 0.29) is 5.41 Å². The van der Waals surface area contributed by atoms with E-state index in [0.29, 0.717) is 6.04 Å². The van der Waals surface area contributed by atoms with Crippen molar-refractivity contribution in [3.8, 4) is 0 Å². The third-order valence-electron chi connectivity index (χ3n) is 4.69. The van der Waals surface area contributed by atoms with Gasteiger partial charge < -0.3 is 9.32 Å². The van der Waals surface area contributed by atoms with Crippen molar-refractivity contribution < 1.29 is 4.42 Å². The molecule has 1 aromatic heterocycles. The van der Waals surface area contributed by atoms with Gasteiger partial charge >= 0.3 is 0 Å². The molecule has 0 spiro atoms. The van der Waals surface area contributed by atoms with Crippen molar-refractivity contribution in [2.75, 3.05) is 32.7 Å². The minimum absolute atomic E-state index is 0.107. The predicted octanol–water partition coefficient (Wildman–Crippen LogP) is 3.28. The standard InChI is InChI=1S/C17H30N2O/c1-6-18-9-11-19(12-10-18)14(2)13-17(4,5)16-8-7-15(3)20-16/h7-8,14H,6,9-13H2,1-5H3. The summed E-state index contributed by atoms with van der Waals surface area (Å²) in [5.74, 6) is 2.13. The summed E-state index contributed by atoms with van der Waals surface area (Å²) >= 11 is 0. The largest absolute Gasteiger partial charge is 0.466 e. The average molecular weight is 278 g/mol. The van der Waals surface area contributed by atoms with E-state index in [1.54, 1.807) is 0 Å². The van der Waals surface area contributed by atoms with Gasteiger partial charge in [-0.3, -0.25) is 4.90 Å². The molecule has 3 heteroatoms. The van der Waals surface area contributed by atoms with Crippen LogP contribution < -0.4 is 0 Å². The van der Waals surface area contributed by atoms with Gasteiger partial charge in [-0.2, -0.15) is 0 Å². The summed E-state index contributed by atoms with van der Waals surface area (Å²) < 4.78 is 5.84. The van der Waals surface area contributed by atoms with E-state index in [4.69, 9.17) is 4.42 Å². The van der Waals surface area contributed by atoms with Crippen molar-refractivity contribution in [2.24, 2.45) is 0 Å². The fourth-order valence-corrected chi connectivity index (χ4v) is 3.29. The van der Waals surface area contributed by atoms with Crippen LogP contribution in [0.25, 0.3) is 0 Å². The molecule has 2 rings (SSSR count). The summed E-state index contributed by atoms with van der Waals surface area (Å²) in [6.45, 7) is 17.2. The first kappa shape index (κ1) is 15.6. The molecular formula is C17H30N2O. The summed E-state index contributed by atoms with van der Waals surface area (Å²) in [5, 5.41) is 0. The third kappa shape index (κ3) is 3.64. The van der Waals surface area contributed by atoms with Gasteiger partial charge in [-0.1, -0.05) is 20.8 Å². The summed E-state index contributed by atoms with van der Waals surface area (Å²) in [6, 6.07) is 4.81. The molecular weight excluding hydrogens is 248 g/mol. The maximum Gasteiger partial charge on any atom is 0.109 e. The van der Waals surface area contributed by atoms with Crippen LogP contribution in [-0.4, -0.2) is 48.6 Å². The summed E-state index contributed by atoms with van der Waals surface area (Å²) in [6.07, 6.45) is 1.14. The van der Waals surface area contributed by atoms with E-state index in [1.165, 1.54) is 32.7 Å². The van der Waals surface area contributed by atoms with Gasteiger partial charge in [0.05, 0.1) is 0 Å². The Hall–Kier alpha value is -0.800. The first-order valence-corrected chi connectivity index (χ1v) is 7.95. The Morgan fingerprint density at radius 1 is 1.20 bits per heavy atom. The molecule has 20 heavy (non-hydrogen) atoms. The van der Waals surface area contributed by atoms with Gasteiger partial charge in [-0.05, 0) is 38.9 Å². The predicted molar refractivity (Wildman–Crippen MR) is 84.2 cm³/mol. The number of hydrogen-bond donors (Lipinski definition) is 0. The molecule has 3 nitrogen and oxygen atoms in total. The quantitative estimate of drug-likeness (QED) is 0.824. The maximum atomic E-state index is 5.84. The Bertz CT molecular complexity index is 416. The van der Waals surface area contributed by atoms with Crippen molar-refractivity contribution in [3.05, 3.63) is 23.7 Å². The topological polar surface area (TPSA) is 19.6 Å². The van der Waals surface area contributed by atoms with E-state index >= 15 is 0 Å². The fraction of sp³-hybridized carbons (Fsp3) is 0.765. The van der Waals surface area contributed by atoms with Crippen molar-refractivity contribution in [3.63, 3.8) is 0 Å². The second-order valence-corrected chi connectivity index (χ2v) is 6.82. The number of hydrogen-bond acceptors (Lipinski definition) is 3. The molecule has 1 saturated heterocycles. The zero-order valence-corrected chi connectivity index (χ0v) is 13.8. The Balaban J connectivity index is 1.92. The first-order chi connectivity index (χ1) is 9.42. The van der Waals surface area contributed by atoms with Crippen LogP contribution in [0, 0.1) is 6.92 Å². The van der Waals surface area contributed by atoms with Gasteiger partial charge in [0.1, 0.15) is 11.5 Å². The number of likely N-dealkylation sites (N-methyl/N-ethyl adjacent to an activating group) is 1. The maximum absolute atomic E-state index is 5.84. The molecule has 0 bridgehead atoms. The molecule has 2 heterocycles. The highest BCUT2D eigenvalue weighted by Crippen LogP contribution is 2.31. The Labute approximate surface area is 123 Å². The molecule has 0 radical (unpaired) electrons. The van der Waals surface area contributed by atoms with Crippen molar-refractivity contribution in [1.82, 2.24) is 9.80 Å². The normalized spacial score (nSPS) is 20.2. The van der Waals surface area contributed by atoms with Crippen LogP contribution in [0.1, 0.15) is 45.6 Å². The monoisotopic (exact) mass is 278 g/mol. The Morgan fingerprint density at radius 3 is 2.35 bits per heavy atom. The second kappa shape index (κ2) is 6.31. The Morgan fingerprint density at radius 2 is 1.85 bits per heavy atom. The minimum Gasteiger partial charge on any atom is -0.466 e. The second-order valence-electron chi connectivity index (χ2n) is 6.82. The minimum atomic E-state index is 0.107. The molecule has 0 aliphatic carbocycles. The lowest BCUT2D eigenvalue weighted by Crippen LogP contribution is -2.50. The number of nitrogens with zero attached hydrogens (tertiary/aromatic N) is 2. The van der Waals surface area contributed by atoms with Crippen LogP contribution >= 0.6 is 0 Å². The van der Waals surface area contributed by atoms with Crippen LogP contribution in [0.2, 0.25) is 0 Å². The molecule has 1 aromatic rings. The summed E-state index contributed by atoms with van der Waals surface area (Å²) in [5.41, 5.74) is 0.107. The zero-order valence-electron chi connectivity index (χ0n) is 13.8. The van der Waals surface area contributed by atoms with Crippen molar-refractivity contribution in [1.29, 1.82) is 0 Å². The zero-order chi connectivity index (χ0) is 14.8. The lowest BCUT2D eigenvalue weighted by atomic mass is 9.83. The highest BCUT2D eigenvalue weighted by molar-refractivity contribution is 5.15.